The first-order valence-electron chi connectivity index (χ1n) is 9.42. The first-order valence-corrected chi connectivity index (χ1v) is 9.42. The highest BCUT2D eigenvalue weighted by atomic mass is 19.4. The summed E-state index contributed by atoms with van der Waals surface area (Å²) in [5.41, 5.74) is 0.447. The summed E-state index contributed by atoms with van der Waals surface area (Å²) in [5, 5.41) is 0. The van der Waals surface area contributed by atoms with Crippen LogP contribution in [0.15, 0.2) is 28.7 Å². The number of oxazole rings is 1. The standard InChI is InChI=1S/C20H26F3N3O/c1-4-26(5-2)17-9-10-25(12-17)13-18-14(3)27-19(24-18)15-7-6-8-16(11-15)20(21,22)23/h6-8,11,17H,4-5,9-10,12-13H2,1-3H3/t17-/m0/s1. The second-order valence-corrected chi connectivity index (χ2v) is 7.00. The largest absolute Gasteiger partial charge is 0.441 e. The van der Waals surface area contributed by atoms with Gasteiger partial charge < -0.3 is 4.42 Å². The van der Waals surface area contributed by atoms with Crippen molar-refractivity contribution in [3.8, 4) is 11.5 Å². The fraction of sp³-hybridized carbons (Fsp3) is 0.550. The molecule has 4 nitrogen and oxygen atoms in total. The van der Waals surface area contributed by atoms with Crippen LogP contribution in [0.4, 0.5) is 13.2 Å². The molecule has 0 N–H and O–H groups in total. The van der Waals surface area contributed by atoms with Gasteiger partial charge in [-0.1, -0.05) is 19.9 Å². The first-order chi connectivity index (χ1) is 12.8. The fourth-order valence-corrected chi connectivity index (χ4v) is 3.73. The molecule has 2 aromatic rings. The van der Waals surface area contributed by atoms with Crippen molar-refractivity contribution < 1.29 is 17.6 Å². The molecular formula is C20H26F3N3O. The number of aryl methyl sites for hydroxylation is 1. The number of hydrogen-bond donors (Lipinski definition) is 0. The van der Waals surface area contributed by atoms with E-state index >= 15 is 0 Å². The second kappa shape index (κ2) is 8.02. The van der Waals surface area contributed by atoms with Crippen LogP contribution in [0.1, 0.15) is 37.3 Å². The third kappa shape index (κ3) is 4.52. The quantitative estimate of drug-likeness (QED) is 0.733. The average molecular weight is 381 g/mol. The number of alkyl halides is 3. The Labute approximate surface area is 158 Å². The number of likely N-dealkylation sites (N-methyl/N-ethyl adjacent to an activating group) is 1. The molecule has 1 aromatic heterocycles. The molecule has 1 fully saturated rings. The number of likely N-dealkylation sites (tertiary alicyclic amines) is 1. The normalized spacial score (nSPS) is 18.6. The fourth-order valence-electron chi connectivity index (χ4n) is 3.73. The van der Waals surface area contributed by atoms with E-state index in [-0.39, 0.29) is 5.89 Å². The lowest BCUT2D eigenvalue weighted by Gasteiger charge is -2.26. The second-order valence-electron chi connectivity index (χ2n) is 7.00. The van der Waals surface area contributed by atoms with Crippen molar-refractivity contribution >= 4 is 0 Å². The highest BCUT2D eigenvalue weighted by molar-refractivity contribution is 5.55. The number of aromatic nitrogens is 1. The third-order valence-electron chi connectivity index (χ3n) is 5.28. The van der Waals surface area contributed by atoms with Gasteiger partial charge in [0.25, 0.3) is 0 Å². The summed E-state index contributed by atoms with van der Waals surface area (Å²) in [6, 6.07) is 5.66. The molecule has 0 amide bonds. The minimum absolute atomic E-state index is 0.244. The van der Waals surface area contributed by atoms with Crippen LogP contribution < -0.4 is 0 Å². The van der Waals surface area contributed by atoms with Gasteiger partial charge >= 0.3 is 6.18 Å². The van der Waals surface area contributed by atoms with Crippen molar-refractivity contribution in [2.24, 2.45) is 0 Å². The zero-order valence-electron chi connectivity index (χ0n) is 16.0. The molecule has 2 heterocycles. The van der Waals surface area contributed by atoms with Crippen LogP contribution >= 0.6 is 0 Å². The molecule has 27 heavy (non-hydrogen) atoms. The predicted octanol–water partition coefficient (Wildman–Crippen LogP) is 4.58. The summed E-state index contributed by atoms with van der Waals surface area (Å²) in [6.07, 6.45) is -3.26. The number of rotatable bonds is 6. The van der Waals surface area contributed by atoms with E-state index < -0.39 is 11.7 Å². The molecule has 0 radical (unpaired) electrons. The van der Waals surface area contributed by atoms with E-state index in [1.165, 1.54) is 6.07 Å². The van der Waals surface area contributed by atoms with Gasteiger partial charge in [0.1, 0.15) is 5.76 Å². The van der Waals surface area contributed by atoms with Crippen molar-refractivity contribution in [1.82, 2.24) is 14.8 Å². The van der Waals surface area contributed by atoms with E-state index in [9.17, 15) is 13.2 Å². The molecule has 0 spiro atoms. The third-order valence-corrected chi connectivity index (χ3v) is 5.28. The molecule has 148 valence electrons. The van der Waals surface area contributed by atoms with Gasteiger partial charge in [-0.25, -0.2) is 4.98 Å². The molecule has 1 aromatic carbocycles. The molecule has 0 unspecified atom stereocenters. The smallest absolute Gasteiger partial charge is 0.416 e. The molecule has 7 heteroatoms. The first kappa shape index (κ1) is 19.9. The van der Waals surface area contributed by atoms with Crippen LogP contribution in [0.25, 0.3) is 11.5 Å². The summed E-state index contributed by atoms with van der Waals surface area (Å²) < 4.78 is 44.5. The molecule has 0 aliphatic carbocycles. The van der Waals surface area contributed by atoms with Crippen LogP contribution in [0, 0.1) is 6.92 Å². The minimum Gasteiger partial charge on any atom is -0.441 e. The summed E-state index contributed by atoms with van der Waals surface area (Å²) in [4.78, 5) is 9.29. The van der Waals surface area contributed by atoms with Crippen LogP contribution in [0.2, 0.25) is 0 Å². The number of benzene rings is 1. The Hall–Kier alpha value is -1.86. The van der Waals surface area contributed by atoms with Gasteiger partial charge in [0.15, 0.2) is 0 Å². The molecular weight excluding hydrogens is 355 g/mol. The van der Waals surface area contributed by atoms with E-state index in [0.717, 1.165) is 50.4 Å². The van der Waals surface area contributed by atoms with Gasteiger partial charge in [-0.05, 0) is 44.6 Å². The lowest BCUT2D eigenvalue weighted by molar-refractivity contribution is -0.137. The topological polar surface area (TPSA) is 32.5 Å². The van der Waals surface area contributed by atoms with Gasteiger partial charge in [0, 0.05) is 31.2 Å². The van der Waals surface area contributed by atoms with E-state index in [1.54, 1.807) is 6.07 Å². The zero-order chi connectivity index (χ0) is 19.6. The summed E-state index contributed by atoms with van der Waals surface area (Å²) >= 11 is 0. The average Bonchev–Trinajstić information content (AvgIpc) is 3.23. The van der Waals surface area contributed by atoms with E-state index in [0.29, 0.717) is 23.9 Å². The van der Waals surface area contributed by atoms with Crippen molar-refractivity contribution in [1.29, 1.82) is 0 Å². The lowest BCUT2D eigenvalue weighted by atomic mass is 10.1. The van der Waals surface area contributed by atoms with Crippen LogP contribution in [-0.4, -0.2) is 47.0 Å². The predicted molar refractivity (Wildman–Crippen MR) is 98.3 cm³/mol. The van der Waals surface area contributed by atoms with Gasteiger partial charge in [-0.2, -0.15) is 13.2 Å². The minimum atomic E-state index is -4.38. The number of halogens is 3. The van der Waals surface area contributed by atoms with E-state index in [4.69, 9.17) is 4.42 Å². The summed E-state index contributed by atoms with van der Waals surface area (Å²) in [7, 11) is 0. The molecule has 3 rings (SSSR count). The van der Waals surface area contributed by atoms with Gasteiger partial charge in [-0.3, -0.25) is 9.80 Å². The van der Waals surface area contributed by atoms with Crippen molar-refractivity contribution in [2.45, 2.75) is 46.0 Å². The summed E-state index contributed by atoms with van der Waals surface area (Å²) in [5.74, 6) is 0.904. The molecule has 1 saturated heterocycles. The molecule has 0 bridgehead atoms. The lowest BCUT2D eigenvalue weighted by Crippen LogP contribution is -2.37. The maximum Gasteiger partial charge on any atom is 0.416 e. The van der Waals surface area contributed by atoms with Gasteiger partial charge in [-0.15, -0.1) is 0 Å². The highest BCUT2D eigenvalue weighted by Gasteiger charge is 2.31. The zero-order valence-corrected chi connectivity index (χ0v) is 16.0. The molecule has 0 saturated carbocycles. The monoisotopic (exact) mass is 381 g/mol. The summed E-state index contributed by atoms with van der Waals surface area (Å²) in [6.45, 7) is 10.9. The Morgan fingerprint density at radius 1 is 1.26 bits per heavy atom. The van der Waals surface area contributed by atoms with Gasteiger partial charge in [0.05, 0.1) is 11.3 Å². The SMILES string of the molecule is CCN(CC)[C@H]1CCN(Cc2nc(-c3cccc(C(F)(F)F)c3)oc2C)C1. The van der Waals surface area contributed by atoms with Crippen LogP contribution in [-0.2, 0) is 12.7 Å². The van der Waals surface area contributed by atoms with Gasteiger partial charge in [0.2, 0.25) is 5.89 Å². The Morgan fingerprint density at radius 3 is 2.67 bits per heavy atom. The Morgan fingerprint density at radius 2 is 2.00 bits per heavy atom. The Balaban J connectivity index is 1.73. The Kier molecular flexibility index (Phi) is 5.91. The molecule has 1 aliphatic rings. The number of hydrogen-bond acceptors (Lipinski definition) is 4. The maximum absolute atomic E-state index is 12.9. The van der Waals surface area contributed by atoms with Crippen molar-refractivity contribution in [3.63, 3.8) is 0 Å². The Bertz CT molecular complexity index is 768. The maximum atomic E-state index is 12.9. The van der Waals surface area contributed by atoms with Crippen molar-refractivity contribution in [2.75, 3.05) is 26.2 Å². The molecule has 1 atom stereocenters. The van der Waals surface area contributed by atoms with Crippen LogP contribution in [0.5, 0.6) is 0 Å². The van der Waals surface area contributed by atoms with Crippen LogP contribution in [0.3, 0.4) is 0 Å². The van der Waals surface area contributed by atoms with E-state index in [2.05, 4.69) is 28.6 Å². The number of nitrogens with zero attached hydrogens (tertiary/aromatic N) is 3. The highest BCUT2D eigenvalue weighted by Crippen LogP contribution is 2.32. The molecule has 1 aliphatic heterocycles. The van der Waals surface area contributed by atoms with Crippen molar-refractivity contribution in [3.05, 3.63) is 41.3 Å². The van der Waals surface area contributed by atoms with E-state index in [1.807, 2.05) is 6.92 Å².